The van der Waals surface area contributed by atoms with Gasteiger partial charge in [0.2, 0.25) is 11.6 Å². The van der Waals surface area contributed by atoms with Crippen molar-refractivity contribution in [3.05, 3.63) is 35.6 Å². The van der Waals surface area contributed by atoms with E-state index in [-0.39, 0.29) is 29.0 Å². The third-order valence-electron chi connectivity index (χ3n) is 3.79. The molecular weight excluding hydrogens is 300 g/mol. The Morgan fingerprint density at radius 1 is 1.13 bits per heavy atom. The van der Waals surface area contributed by atoms with Crippen LogP contribution >= 0.6 is 0 Å². The van der Waals surface area contributed by atoms with Crippen LogP contribution in [0.15, 0.2) is 24.2 Å². The zero-order valence-corrected chi connectivity index (χ0v) is 12.7. The van der Waals surface area contributed by atoms with E-state index in [0.29, 0.717) is 38.5 Å². The van der Waals surface area contributed by atoms with Gasteiger partial charge in [-0.25, -0.2) is 14.8 Å². The number of Topliss-reactive ketones (excluding diaryl/α,β-unsaturated/α-hetero) is 1. The number of amides is 1. The first-order valence-electron chi connectivity index (χ1n) is 7.40. The minimum atomic E-state index is -0.358. The summed E-state index contributed by atoms with van der Waals surface area (Å²) in [5.41, 5.74) is 0.487. The lowest BCUT2D eigenvalue weighted by atomic mass is 10.0. The van der Waals surface area contributed by atoms with Gasteiger partial charge in [0.15, 0.2) is 0 Å². The SMILES string of the molecule is CCOC(=O)N1CCN(C2=CC(=O)c3nccnc3C2=O)CC1. The zero-order valence-electron chi connectivity index (χ0n) is 12.7. The molecule has 1 saturated heterocycles. The summed E-state index contributed by atoms with van der Waals surface area (Å²) in [7, 11) is 0. The first-order valence-corrected chi connectivity index (χ1v) is 7.40. The molecule has 120 valence electrons. The van der Waals surface area contributed by atoms with Gasteiger partial charge in [-0.05, 0) is 6.92 Å². The number of allylic oxidation sites excluding steroid dienone is 2. The van der Waals surface area contributed by atoms with Gasteiger partial charge in [0, 0.05) is 44.6 Å². The van der Waals surface area contributed by atoms with Gasteiger partial charge in [0.1, 0.15) is 11.4 Å². The van der Waals surface area contributed by atoms with Gasteiger partial charge in [-0.2, -0.15) is 0 Å². The predicted molar refractivity (Wildman–Crippen MR) is 78.9 cm³/mol. The van der Waals surface area contributed by atoms with Crippen molar-refractivity contribution in [2.24, 2.45) is 0 Å². The van der Waals surface area contributed by atoms with Crippen LogP contribution in [0.1, 0.15) is 27.9 Å². The molecule has 1 aliphatic carbocycles. The fourth-order valence-electron chi connectivity index (χ4n) is 2.64. The lowest BCUT2D eigenvalue weighted by Gasteiger charge is -2.36. The Balaban J connectivity index is 1.73. The maximum atomic E-state index is 12.5. The number of nitrogens with zero attached hydrogens (tertiary/aromatic N) is 4. The summed E-state index contributed by atoms with van der Waals surface area (Å²) in [6, 6.07) is 0. The zero-order chi connectivity index (χ0) is 16.4. The van der Waals surface area contributed by atoms with Gasteiger partial charge in [0.25, 0.3) is 0 Å². The topological polar surface area (TPSA) is 92.7 Å². The number of rotatable bonds is 2. The molecule has 2 aliphatic rings. The molecule has 0 unspecified atom stereocenters. The van der Waals surface area contributed by atoms with Crippen molar-refractivity contribution in [2.75, 3.05) is 32.8 Å². The molecule has 0 aromatic carbocycles. The van der Waals surface area contributed by atoms with Crippen molar-refractivity contribution in [3.63, 3.8) is 0 Å². The molecule has 1 aromatic heterocycles. The van der Waals surface area contributed by atoms with Crippen LogP contribution in [0.5, 0.6) is 0 Å². The molecule has 1 aromatic rings. The number of hydrogen-bond acceptors (Lipinski definition) is 7. The van der Waals surface area contributed by atoms with Crippen LogP contribution in [0.3, 0.4) is 0 Å². The third kappa shape index (κ3) is 2.79. The number of fused-ring (bicyclic) bond motifs is 1. The van der Waals surface area contributed by atoms with Gasteiger partial charge in [-0.15, -0.1) is 0 Å². The van der Waals surface area contributed by atoms with Crippen molar-refractivity contribution in [1.82, 2.24) is 19.8 Å². The van der Waals surface area contributed by atoms with E-state index in [1.165, 1.54) is 18.5 Å². The minimum absolute atomic E-state index is 0.0859. The second kappa shape index (κ2) is 6.15. The molecule has 0 radical (unpaired) electrons. The predicted octanol–water partition coefficient (Wildman–Crippen LogP) is 0.514. The van der Waals surface area contributed by atoms with Crippen LogP contribution in [0.4, 0.5) is 4.79 Å². The molecule has 0 saturated carbocycles. The third-order valence-corrected chi connectivity index (χ3v) is 3.79. The average molecular weight is 316 g/mol. The van der Waals surface area contributed by atoms with E-state index in [1.807, 2.05) is 0 Å². The van der Waals surface area contributed by atoms with Crippen LogP contribution in [-0.4, -0.2) is 70.2 Å². The molecule has 8 nitrogen and oxygen atoms in total. The fraction of sp³-hybridized carbons (Fsp3) is 0.400. The van der Waals surface area contributed by atoms with E-state index in [0.717, 1.165) is 0 Å². The number of aromatic nitrogens is 2. The van der Waals surface area contributed by atoms with Gasteiger partial charge in [-0.1, -0.05) is 0 Å². The van der Waals surface area contributed by atoms with E-state index in [4.69, 9.17) is 4.74 Å². The molecule has 0 bridgehead atoms. The summed E-state index contributed by atoms with van der Waals surface area (Å²) >= 11 is 0. The molecule has 3 rings (SSSR count). The average Bonchev–Trinajstić information content (AvgIpc) is 2.58. The fourth-order valence-corrected chi connectivity index (χ4v) is 2.64. The van der Waals surface area contributed by atoms with Crippen LogP contribution in [-0.2, 0) is 4.74 Å². The van der Waals surface area contributed by atoms with Crippen LogP contribution in [0.25, 0.3) is 0 Å². The molecule has 0 spiro atoms. The minimum Gasteiger partial charge on any atom is -0.450 e. The van der Waals surface area contributed by atoms with Gasteiger partial charge >= 0.3 is 6.09 Å². The molecule has 23 heavy (non-hydrogen) atoms. The first kappa shape index (κ1) is 15.1. The highest BCUT2D eigenvalue weighted by molar-refractivity contribution is 6.22. The molecule has 0 atom stereocenters. The number of ketones is 2. The monoisotopic (exact) mass is 316 g/mol. The van der Waals surface area contributed by atoms with Crippen molar-refractivity contribution in [3.8, 4) is 0 Å². The van der Waals surface area contributed by atoms with E-state index in [2.05, 4.69) is 9.97 Å². The Morgan fingerprint density at radius 3 is 2.43 bits per heavy atom. The van der Waals surface area contributed by atoms with Crippen molar-refractivity contribution < 1.29 is 19.1 Å². The van der Waals surface area contributed by atoms with Crippen LogP contribution < -0.4 is 0 Å². The summed E-state index contributed by atoms with van der Waals surface area (Å²) in [4.78, 5) is 47.6. The normalized spacial score (nSPS) is 17.7. The largest absolute Gasteiger partial charge is 0.450 e. The Morgan fingerprint density at radius 2 is 1.78 bits per heavy atom. The lowest BCUT2D eigenvalue weighted by molar-refractivity contribution is 0.0804. The highest BCUT2D eigenvalue weighted by Crippen LogP contribution is 2.21. The van der Waals surface area contributed by atoms with E-state index in [1.54, 1.807) is 16.7 Å². The maximum absolute atomic E-state index is 12.5. The Labute approximate surface area is 132 Å². The number of hydrogen-bond donors (Lipinski definition) is 0. The van der Waals surface area contributed by atoms with Crippen molar-refractivity contribution in [2.45, 2.75) is 6.92 Å². The Bertz CT molecular complexity index is 692. The quantitative estimate of drug-likeness (QED) is 0.785. The maximum Gasteiger partial charge on any atom is 0.409 e. The summed E-state index contributed by atoms with van der Waals surface area (Å²) in [5.74, 6) is -0.632. The summed E-state index contributed by atoms with van der Waals surface area (Å²) < 4.78 is 4.96. The summed E-state index contributed by atoms with van der Waals surface area (Å²) in [5, 5.41) is 0. The van der Waals surface area contributed by atoms with Gasteiger partial charge in [-0.3, -0.25) is 9.59 Å². The first-order chi connectivity index (χ1) is 11.1. The molecule has 1 fully saturated rings. The highest BCUT2D eigenvalue weighted by atomic mass is 16.6. The lowest BCUT2D eigenvalue weighted by Crippen LogP contribution is -2.49. The molecule has 2 heterocycles. The van der Waals surface area contributed by atoms with E-state index < -0.39 is 0 Å². The smallest absolute Gasteiger partial charge is 0.409 e. The van der Waals surface area contributed by atoms with E-state index >= 15 is 0 Å². The molecule has 1 aliphatic heterocycles. The molecule has 8 heteroatoms. The summed E-state index contributed by atoms with van der Waals surface area (Å²) in [6.45, 7) is 3.87. The molecule has 0 N–H and O–H groups in total. The number of ether oxygens (including phenoxy) is 1. The van der Waals surface area contributed by atoms with Crippen LogP contribution in [0, 0.1) is 0 Å². The standard InChI is InChI=1S/C15H16N4O4/c1-2-23-15(22)19-7-5-18(6-8-19)10-9-11(20)12-13(14(10)21)17-4-3-16-12/h3-4,9H,2,5-8H2,1H3. The molecular formula is C15H16N4O4. The van der Waals surface area contributed by atoms with Gasteiger partial charge < -0.3 is 14.5 Å². The van der Waals surface area contributed by atoms with Crippen molar-refractivity contribution in [1.29, 1.82) is 0 Å². The molecule has 1 amide bonds. The van der Waals surface area contributed by atoms with Crippen LogP contribution in [0.2, 0.25) is 0 Å². The number of piperazine rings is 1. The summed E-state index contributed by atoms with van der Waals surface area (Å²) in [6.07, 6.45) is 3.73. The van der Waals surface area contributed by atoms with Crippen molar-refractivity contribution >= 4 is 17.7 Å². The second-order valence-electron chi connectivity index (χ2n) is 5.15. The second-order valence-corrected chi connectivity index (χ2v) is 5.15. The van der Waals surface area contributed by atoms with Gasteiger partial charge in [0.05, 0.1) is 12.3 Å². The number of carbonyl (C=O) groups is 3. The number of carbonyl (C=O) groups excluding carboxylic acids is 3. The Kier molecular flexibility index (Phi) is 4.05. The Hall–Kier alpha value is -2.77. The van der Waals surface area contributed by atoms with E-state index in [9.17, 15) is 14.4 Å². The highest BCUT2D eigenvalue weighted by Gasteiger charge is 2.33.